The Balaban J connectivity index is 2.03. The molecule has 2 N–H and O–H groups in total. The standard InChI is InChI=1S/C12H12N4/c1-2-9(7-13-3-1)10-6-11-12(16-8-10)15-5-4-14-11/h1-3,6-8,14H,4-5H2,(H,15,16). The molecule has 0 fully saturated rings. The fourth-order valence-electron chi connectivity index (χ4n) is 1.81. The molecule has 0 saturated heterocycles. The van der Waals surface area contributed by atoms with Crippen LogP contribution in [0.25, 0.3) is 11.1 Å². The smallest absolute Gasteiger partial charge is 0.149 e. The van der Waals surface area contributed by atoms with Gasteiger partial charge in [-0.2, -0.15) is 0 Å². The molecule has 0 saturated carbocycles. The van der Waals surface area contributed by atoms with Gasteiger partial charge in [0.1, 0.15) is 5.82 Å². The number of nitrogens with zero attached hydrogens (tertiary/aromatic N) is 2. The summed E-state index contributed by atoms with van der Waals surface area (Å²) in [7, 11) is 0. The van der Waals surface area contributed by atoms with Crippen molar-refractivity contribution in [1.29, 1.82) is 0 Å². The molecule has 0 bridgehead atoms. The Morgan fingerprint density at radius 3 is 2.88 bits per heavy atom. The SMILES string of the molecule is c1cncc(-c2cnc3c(c2)NCCN3)c1. The number of hydrogen-bond donors (Lipinski definition) is 2. The lowest BCUT2D eigenvalue weighted by atomic mass is 10.1. The topological polar surface area (TPSA) is 49.8 Å². The summed E-state index contributed by atoms with van der Waals surface area (Å²) in [4.78, 5) is 8.50. The third-order valence-electron chi connectivity index (χ3n) is 2.62. The number of rotatable bonds is 1. The molecule has 3 heterocycles. The van der Waals surface area contributed by atoms with Crippen LogP contribution in [0.5, 0.6) is 0 Å². The number of nitrogens with one attached hydrogen (secondary N) is 2. The van der Waals surface area contributed by atoms with Gasteiger partial charge in [-0.1, -0.05) is 6.07 Å². The van der Waals surface area contributed by atoms with E-state index in [-0.39, 0.29) is 0 Å². The minimum Gasteiger partial charge on any atom is -0.380 e. The van der Waals surface area contributed by atoms with Crippen molar-refractivity contribution >= 4 is 11.5 Å². The highest BCUT2D eigenvalue weighted by molar-refractivity contribution is 5.74. The van der Waals surface area contributed by atoms with E-state index in [0.29, 0.717) is 0 Å². The Morgan fingerprint density at radius 2 is 2.00 bits per heavy atom. The van der Waals surface area contributed by atoms with Gasteiger partial charge in [-0.25, -0.2) is 4.98 Å². The first kappa shape index (κ1) is 9.15. The molecule has 0 aliphatic carbocycles. The minimum atomic E-state index is 0.923. The summed E-state index contributed by atoms with van der Waals surface area (Å²) in [5.41, 5.74) is 3.24. The first-order valence-corrected chi connectivity index (χ1v) is 5.32. The van der Waals surface area contributed by atoms with Crippen LogP contribution in [0.2, 0.25) is 0 Å². The second kappa shape index (κ2) is 3.81. The highest BCUT2D eigenvalue weighted by Gasteiger charge is 2.09. The van der Waals surface area contributed by atoms with Gasteiger partial charge >= 0.3 is 0 Å². The van der Waals surface area contributed by atoms with E-state index in [1.807, 2.05) is 24.5 Å². The Hall–Kier alpha value is -2.10. The second-order valence-electron chi connectivity index (χ2n) is 3.72. The number of pyridine rings is 2. The molecule has 0 aromatic carbocycles. The maximum Gasteiger partial charge on any atom is 0.149 e. The maximum atomic E-state index is 4.39. The normalized spacial score (nSPS) is 13.5. The molecular formula is C12H12N4. The van der Waals surface area contributed by atoms with Crippen LogP contribution in [-0.2, 0) is 0 Å². The molecule has 3 rings (SSSR count). The third-order valence-corrected chi connectivity index (χ3v) is 2.62. The number of fused-ring (bicyclic) bond motifs is 1. The largest absolute Gasteiger partial charge is 0.380 e. The molecule has 4 heteroatoms. The van der Waals surface area contributed by atoms with Crippen LogP contribution in [0, 0.1) is 0 Å². The van der Waals surface area contributed by atoms with Gasteiger partial charge in [0.15, 0.2) is 0 Å². The minimum absolute atomic E-state index is 0.923. The molecule has 1 aliphatic heterocycles. The van der Waals surface area contributed by atoms with Crippen molar-refractivity contribution in [2.45, 2.75) is 0 Å². The summed E-state index contributed by atoms with van der Waals surface area (Å²) < 4.78 is 0. The van der Waals surface area contributed by atoms with Crippen molar-refractivity contribution in [1.82, 2.24) is 9.97 Å². The van der Waals surface area contributed by atoms with Gasteiger partial charge in [-0.3, -0.25) is 4.98 Å². The maximum absolute atomic E-state index is 4.39. The molecule has 0 atom stereocenters. The lowest BCUT2D eigenvalue weighted by Gasteiger charge is -2.19. The van der Waals surface area contributed by atoms with Gasteiger partial charge < -0.3 is 10.6 Å². The molecule has 2 aromatic rings. The molecule has 2 aromatic heterocycles. The summed E-state index contributed by atoms with van der Waals surface area (Å²) >= 11 is 0. The van der Waals surface area contributed by atoms with E-state index in [0.717, 1.165) is 35.7 Å². The van der Waals surface area contributed by atoms with E-state index in [4.69, 9.17) is 0 Å². The Bertz CT molecular complexity index is 496. The fourth-order valence-corrected chi connectivity index (χ4v) is 1.81. The van der Waals surface area contributed by atoms with E-state index >= 15 is 0 Å². The van der Waals surface area contributed by atoms with E-state index in [1.165, 1.54) is 0 Å². The Kier molecular flexibility index (Phi) is 2.18. The summed E-state index contributed by atoms with van der Waals surface area (Å²) in [6, 6.07) is 6.07. The summed E-state index contributed by atoms with van der Waals surface area (Å²) in [5.74, 6) is 0.930. The lowest BCUT2D eigenvalue weighted by molar-refractivity contribution is 1.02. The lowest BCUT2D eigenvalue weighted by Crippen LogP contribution is -2.21. The fraction of sp³-hybridized carbons (Fsp3) is 0.167. The zero-order valence-electron chi connectivity index (χ0n) is 8.77. The van der Waals surface area contributed by atoms with Crippen LogP contribution >= 0.6 is 0 Å². The van der Waals surface area contributed by atoms with E-state index < -0.39 is 0 Å². The number of hydrogen-bond acceptors (Lipinski definition) is 4. The predicted octanol–water partition coefficient (Wildman–Crippen LogP) is 1.98. The van der Waals surface area contributed by atoms with E-state index in [2.05, 4.69) is 26.7 Å². The van der Waals surface area contributed by atoms with Crippen molar-refractivity contribution in [3.63, 3.8) is 0 Å². The van der Waals surface area contributed by atoms with Crippen molar-refractivity contribution in [2.24, 2.45) is 0 Å². The molecule has 4 nitrogen and oxygen atoms in total. The van der Waals surface area contributed by atoms with Crippen LogP contribution in [0.1, 0.15) is 0 Å². The third kappa shape index (κ3) is 1.58. The number of anilines is 2. The quantitative estimate of drug-likeness (QED) is 0.759. The van der Waals surface area contributed by atoms with Gasteiger partial charge in [-0.15, -0.1) is 0 Å². The predicted molar refractivity (Wildman–Crippen MR) is 64.4 cm³/mol. The molecular weight excluding hydrogens is 200 g/mol. The summed E-state index contributed by atoms with van der Waals surface area (Å²) in [6.07, 6.45) is 5.49. The molecule has 0 radical (unpaired) electrons. The van der Waals surface area contributed by atoms with Crippen LogP contribution in [0.15, 0.2) is 36.8 Å². The Labute approximate surface area is 93.8 Å². The van der Waals surface area contributed by atoms with Crippen molar-refractivity contribution in [3.8, 4) is 11.1 Å². The van der Waals surface area contributed by atoms with Crippen LogP contribution in [-0.4, -0.2) is 23.1 Å². The molecule has 1 aliphatic rings. The molecule has 16 heavy (non-hydrogen) atoms. The monoisotopic (exact) mass is 212 g/mol. The van der Waals surface area contributed by atoms with Crippen LogP contribution in [0.3, 0.4) is 0 Å². The summed E-state index contributed by atoms with van der Waals surface area (Å²) in [5, 5.41) is 6.58. The zero-order valence-corrected chi connectivity index (χ0v) is 8.77. The summed E-state index contributed by atoms with van der Waals surface area (Å²) in [6.45, 7) is 1.86. The van der Waals surface area contributed by atoms with Crippen molar-refractivity contribution in [3.05, 3.63) is 36.8 Å². The highest BCUT2D eigenvalue weighted by atomic mass is 15.1. The molecule has 80 valence electrons. The van der Waals surface area contributed by atoms with Gasteiger partial charge in [0.2, 0.25) is 0 Å². The molecule has 0 spiro atoms. The average Bonchev–Trinajstić information content (AvgIpc) is 2.39. The van der Waals surface area contributed by atoms with Gasteiger partial charge in [0.05, 0.1) is 5.69 Å². The first-order valence-electron chi connectivity index (χ1n) is 5.32. The van der Waals surface area contributed by atoms with Crippen molar-refractivity contribution < 1.29 is 0 Å². The second-order valence-corrected chi connectivity index (χ2v) is 3.72. The molecule has 0 unspecified atom stereocenters. The van der Waals surface area contributed by atoms with Gasteiger partial charge in [0, 0.05) is 42.8 Å². The zero-order chi connectivity index (χ0) is 10.8. The van der Waals surface area contributed by atoms with Gasteiger partial charge in [0.25, 0.3) is 0 Å². The highest BCUT2D eigenvalue weighted by Crippen LogP contribution is 2.27. The Morgan fingerprint density at radius 1 is 1.06 bits per heavy atom. The van der Waals surface area contributed by atoms with Crippen LogP contribution in [0.4, 0.5) is 11.5 Å². The first-order chi connectivity index (χ1) is 7.93. The van der Waals surface area contributed by atoms with E-state index in [9.17, 15) is 0 Å². The van der Waals surface area contributed by atoms with E-state index in [1.54, 1.807) is 6.20 Å². The van der Waals surface area contributed by atoms with Crippen molar-refractivity contribution in [2.75, 3.05) is 23.7 Å². The average molecular weight is 212 g/mol. The molecule has 0 amide bonds. The number of aromatic nitrogens is 2. The van der Waals surface area contributed by atoms with Gasteiger partial charge in [-0.05, 0) is 12.1 Å². The van der Waals surface area contributed by atoms with Crippen LogP contribution < -0.4 is 10.6 Å².